The Labute approximate surface area is 155 Å². The third kappa shape index (κ3) is 3.36. The van der Waals surface area contributed by atoms with E-state index in [4.69, 9.17) is 21.1 Å². The molecule has 0 bridgehead atoms. The highest BCUT2D eigenvalue weighted by Gasteiger charge is 2.12. The highest BCUT2D eigenvalue weighted by Crippen LogP contribution is 2.32. The van der Waals surface area contributed by atoms with Crippen LogP contribution in [0.5, 0.6) is 11.5 Å². The Morgan fingerprint density at radius 2 is 2.04 bits per heavy atom. The van der Waals surface area contributed by atoms with Crippen molar-refractivity contribution < 1.29 is 14.3 Å². The number of anilines is 1. The minimum absolute atomic E-state index is 0.276. The highest BCUT2D eigenvalue weighted by atomic mass is 35.5. The van der Waals surface area contributed by atoms with Gasteiger partial charge in [0.25, 0.3) is 0 Å². The van der Waals surface area contributed by atoms with Crippen molar-refractivity contribution >= 4 is 34.9 Å². The van der Waals surface area contributed by atoms with Crippen LogP contribution in [-0.2, 0) is 4.79 Å². The molecule has 0 spiro atoms. The lowest BCUT2D eigenvalue weighted by Gasteiger charge is -2.09. The second-order valence-electron chi connectivity index (χ2n) is 5.75. The third-order valence-corrected chi connectivity index (χ3v) is 4.21. The van der Waals surface area contributed by atoms with E-state index in [-0.39, 0.29) is 5.91 Å². The van der Waals surface area contributed by atoms with Crippen LogP contribution in [-0.4, -0.2) is 28.5 Å². The van der Waals surface area contributed by atoms with E-state index in [0.717, 1.165) is 12.1 Å². The summed E-state index contributed by atoms with van der Waals surface area (Å²) in [5.74, 6) is 1.05. The second-order valence-corrected chi connectivity index (χ2v) is 6.11. The lowest BCUT2D eigenvalue weighted by Crippen LogP contribution is -2.08. The number of aromatic nitrogens is 2. The van der Waals surface area contributed by atoms with E-state index in [1.54, 1.807) is 24.3 Å². The van der Waals surface area contributed by atoms with Crippen LogP contribution >= 0.6 is 11.6 Å². The summed E-state index contributed by atoms with van der Waals surface area (Å²) in [6.45, 7) is 1.22. The summed E-state index contributed by atoms with van der Waals surface area (Å²) in [5.41, 5.74) is 2.00. The summed E-state index contributed by atoms with van der Waals surface area (Å²) >= 11 is 6.16. The van der Waals surface area contributed by atoms with Crippen molar-refractivity contribution in [3.63, 3.8) is 0 Å². The Kier molecular flexibility index (Phi) is 4.50. The molecule has 1 aliphatic heterocycles. The van der Waals surface area contributed by atoms with Gasteiger partial charge in [0.05, 0.1) is 18.9 Å². The number of halogens is 1. The van der Waals surface area contributed by atoms with Gasteiger partial charge in [0.15, 0.2) is 16.7 Å². The molecule has 1 aromatic carbocycles. The van der Waals surface area contributed by atoms with Crippen LogP contribution in [0.15, 0.2) is 48.7 Å². The Morgan fingerprint density at radius 3 is 2.92 bits per heavy atom. The van der Waals surface area contributed by atoms with Gasteiger partial charge in [-0.15, -0.1) is 0 Å². The minimum Gasteiger partial charge on any atom is -0.490 e. The maximum Gasteiger partial charge on any atom is 0.248 e. The van der Waals surface area contributed by atoms with Crippen LogP contribution in [0.4, 0.5) is 5.69 Å². The van der Waals surface area contributed by atoms with E-state index in [2.05, 4.69) is 10.3 Å². The average molecular weight is 370 g/mol. The number of rotatable bonds is 3. The molecule has 0 saturated heterocycles. The number of fused-ring (bicyclic) bond motifs is 2. The van der Waals surface area contributed by atoms with Gasteiger partial charge in [-0.05, 0) is 30.3 Å². The number of nitrogens with zero attached hydrogens (tertiary/aromatic N) is 2. The number of nitrogens with one attached hydrogen (secondary N) is 1. The standard InChI is InChI=1S/C19H16ClN3O3/c20-19-14(23-9-2-1-4-17(23)22-19)6-8-18(24)21-13-5-7-15-16(12-13)26-11-3-10-25-15/h1-2,4-9,12H,3,10-11H2,(H,21,24)/b8-6-. The second kappa shape index (κ2) is 7.09. The highest BCUT2D eigenvalue weighted by molar-refractivity contribution is 6.31. The van der Waals surface area contributed by atoms with E-state index in [0.29, 0.717) is 41.2 Å². The predicted octanol–water partition coefficient (Wildman–Crippen LogP) is 3.80. The van der Waals surface area contributed by atoms with Crippen LogP contribution in [0, 0.1) is 0 Å². The molecule has 1 amide bonds. The van der Waals surface area contributed by atoms with Gasteiger partial charge in [0.2, 0.25) is 5.91 Å². The maximum absolute atomic E-state index is 12.2. The van der Waals surface area contributed by atoms with Crippen LogP contribution < -0.4 is 14.8 Å². The Balaban J connectivity index is 1.51. The fraction of sp³-hybridized carbons (Fsp3) is 0.158. The van der Waals surface area contributed by atoms with E-state index < -0.39 is 0 Å². The maximum atomic E-state index is 12.2. The van der Waals surface area contributed by atoms with Gasteiger partial charge < -0.3 is 14.8 Å². The van der Waals surface area contributed by atoms with Gasteiger partial charge in [-0.25, -0.2) is 4.98 Å². The molecule has 0 fully saturated rings. The lowest BCUT2D eigenvalue weighted by atomic mass is 10.2. The molecule has 132 valence electrons. The number of pyridine rings is 1. The SMILES string of the molecule is O=C(/C=C\c1c(Cl)nc2ccccn12)Nc1ccc2c(c1)OCCCO2. The summed E-state index contributed by atoms with van der Waals surface area (Å²) in [6.07, 6.45) is 5.74. The first kappa shape index (κ1) is 16.5. The van der Waals surface area contributed by atoms with Crippen molar-refractivity contribution in [2.24, 2.45) is 0 Å². The number of hydrogen-bond donors (Lipinski definition) is 1. The molecule has 4 rings (SSSR count). The first-order valence-electron chi connectivity index (χ1n) is 8.22. The molecule has 0 radical (unpaired) electrons. The van der Waals surface area contributed by atoms with E-state index >= 15 is 0 Å². The molecule has 3 aromatic rings. The van der Waals surface area contributed by atoms with Crippen LogP contribution in [0.2, 0.25) is 5.15 Å². The molecule has 3 heterocycles. The molecule has 0 atom stereocenters. The van der Waals surface area contributed by atoms with Gasteiger partial charge in [0.1, 0.15) is 5.65 Å². The average Bonchev–Trinajstić information content (AvgIpc) is 2.79. The van der Waals surface area contributed by atoms with Gasteiger partial charge >= 0.3 is 0 Å². The number of carbonyl (C=O) groups excluding carboxylic acids is 1. The molecule has 0 unspecified atom stereocenters. The summed E-state index contributed by atoms with van der Waals surface area (Å²) in [4.78, 5) is 16.5. The quantitative estimate of drug-likeness (QED) is 0.713. The van der Waals surface area contributed by atoms with Gasteiger partial charge in [0, 0.05) is 30.4 Å². The topological polar surface area (TPSA) is 64.9 Å². The number of amides is 1. The van der Waals surface area contributed by atoms with Crippen molar-refractivity contribution in [1.82, 2.24) is 9.38 Å². The zero-order chi connectivity index (χ0) is 17.9. The summed E-state index contributed by atoms with van der Waals surface area (Å²) in [6, 6.07) is 10.9. The molecule has 2 aromatic heterocycles. The summed E-state index contributed by atoms with van der Waals surface area (Å²) in [5, 5.41) is 3.15. The monoisotopic (exact) mass is 369 g/mol. The molecular weight excluding hydrogens is 354 g/mol. The molecular formula is C19H16ClN3O3. The number of imidazole rings is 1. The fourth-order valence-corrected chi connectivity index (χ4v) is 2.96. The van der Waals surface area contributed by atoms with Gasteiger partial charge in [-0.2, -0.15) is 0 Å². The largest absolute Gasteiger partial charge is 0.490 e. The summed E-state index contributed by atoms with van der Waals surface area (Å²) in [7, 11) is 0. The summed E-state index contributed by atoms with van der Waals surface area (Å²) < 4.78 is 13.0. The zero-order valence-corrected chi connectivity index (χ0v) is 14.6. The normalized spacial score (nSPS) is 13.7. The Bertz CT molecular complexity index is 997. The van der Waals surface area contributed by atoms with E-state index in [1.807, 2.05) is 28.8 Å². The molecule has 1 aliphatic rings. The van der Waals surface area contributed by atoms with E-state index in [9.17, 15) is 4.79 Å². The smallest absolute Gasteiger partial charge is 0.248 e. The zero-order valence-electron chi connectivity index (χ0n) is 13.8. The van der Waals surface area contributed by atoms with Crippen molar-refractivity contribution in [1.29, 1.82) is 0 Å². The van der Waals surface area contributed by atoms with Crippen molar-refractivity contribution in [2.45, 2.75) is 6.42 Å². The van der Waals surface area contributed by atoms with Gasteiger partial charge in [-0.3, -0.25) is 9.20 Å². The van der Waals surface area contributed by atoms with Crippen LogP contribution in [0.1, 0.15) is 12.1 Å². The molecule has 7 heteroatoms. The van der Waals surface area contributed by atoms with Crippen LogP contribution in [0.25, 0.3) is 11.7 Å². The fourth-order valence-electron chi connectivity index (χ4n) is 2.71. The lowest BCUT2D eigenvalue weighted by molar-refractivity contribution is -0.111. The van der Waals surface area contributed by atoms with Crippen molar-refractivity contribution in [3.8, 4) is 11.5 Å². The third-order valence-electron chi connectivity index (χ3n) is 3.93. The molecule has 26 heavy (non-hydrogen) atoms. The van der Waals surface area contributed by atoms with Crippen molar-refractivity contribution in [2.75, 3.05) is 18.5 Å². The number of benzene rings is 1. The Morgan fingerprint density at radius 1 is 1.19 bits per heavy atom. The first-order chi connectivity index (χ1) is 12.7. The number of ether oxygens (including phenoxy) is 2. The predicted molar refractivity (Wildman–Crippen MR) is 99.9 cm³/mol. The minimum atomic E-state index is -0.276. The molecule has 1 N–H and O–H groups in total. The van der Waals surface area contributed by atoms with Gasteiger partial charge in [-0.1, -0.05) is 17.7 Å². The molecule has 6 nitrogen and oxygen atoms in total. The number of hydrogen-bond acceptors (Lipinski definition) is 4. The molecule has 0 aliphatic carbocycles. The molecule has 0 saturated carbocycles. The van der Waals surface area contributed by atoms with Crippen LogP contribution in [0.3, 0.4) is 0 Å². The number of carbonyl (C=O) groups is 1. The first-order valence-corrected chi connectivity index (χ1v) is 8.60. The van der Waals surface area contributed by atoms with Crippen molar-refractivity contribution in [3.05, 3.63) is 59.5 Å². The Hall–Kier alpha value is -2.99. The van der Waals surface area contributed by atoms with E-state index in [1.165, 1.54) is 6.08 Å².